The van der Waals surface area contributed by atoms with Gasteiger partial charge >= 0.3 is 0 Å². The molecule has 2 rings (SSSR count). The average Bonchev–Trinajstić information content (AvgIpc) is 2.40. The first-order valence-corrected chi connectivity index (χ1v) is 5.29. The van der Waals surface area contributed by atoms with Crippen molar-refractivity contribution in [2.45, 2.75) is 0 Å². The summed E-state index contributed by atoms with van der Waals surface area (Å²) in [6, 6.07) is 15.5. The third-order valence-corrected chi connectivity index (χ3v) is 2.43. The average molecular weight is 223 g/mol. The Labute approximate surface area is 101 Å². The smallest absolute Gasteiger partial charge is 0.119 e. The minimum atomic E-state index is 0.846. The molecule has 0 saturated carbocycles. The quantitative estimate of drug-likeness (QED) is 0.805. The van der Waals surface area contributed by atoms with Gasteiger partial charge in [-0.3, -0.25) is 0 Å². The maximum atomic E-state index is 5.30. The summed E-state index contributed by atoms with van der Waals surface area (Å²) in [7, 11) is 1.65. The van der Waals surface area contributed by atoms with Crippen LogP contribution in [0.5, 0.6) is 5.75 Å². The molecule has 0 aliphatic rings. The Bertz CT molecular complexity index is 520. The fourth-order valence-corrected chi connectivity index (χ4v) is 1.49. The summed E-state index contributed by atoms with van der Waals surface area (Å²) < 4.78 is 5.10. The molecule has 0 aliphatic heterocycles. The molecule has 0 aromatic heterocycles. The van der Waals surface area contributed by atoms with Crippen molar-refractivity contribution in [3.05, 3.63) is 54.1 Å². The molecule has 2 aromatic carbocycles. The van der Waals surface area contributed by atoms with Crippen LogP contribution in [0.15, 0.2) is 48.5 Å². The van der Waals surface area contributed by atoms with Gasteiger partial charge in [0.05, 0.1) is 7.11 Å². The monoisotopic (exact) mass is 223 g/mol. The van der Waals surface area contributed by atoms with Crippen molar-refractivity contribution in [1.82, 2.24) is 0 Å². The van der Waals surface area contributed by atoms with Gasteiger partial charge in [-0.2, -0.15) is 0 Å². The molecule has 0 bridgehead atoms. The lowest BCUT2D eigenvalue weighted by molar-refractivity contribution is 0.415. The topological polar surface area (TPSA) is 21.3 Å². The molecular formula is C15H13NO. The molecule has 2 aromatic rings. The summed E-state index contributed by atoms with van der Waals surface area (Å²) in [5, 5.41) is 3.28. The zero-order valence-corrected chi connectivity index (χ0v) is 9.60. The van der Waals surface area contributed by atoms with Crippen LogP contribution in [0.4, 0.5) is 11.4 Å². The van der Waals surface area contributed by atoms with Crippen molar-refractivity contribution in [3.63, 3.8) is 0 Å². The van der Waals surface area contributed by atoms with E-state index in [9.17, 15) is 0 Å². The van der Waals surface area contributed by atoms with Gasteiger partial charge in [0.1, 0.15) is 5.75 Å². The molecule has 0 fully saturated rings. The largest absolute Gasteiger partial charge is 0.497 e. The molecule has 0 saturated heterocycles. The normalized spacial score (nSPS) is 9.41. The van der Waals surface area contributed by atoms with E-state index in [-0.39, 0.29) is 0 Å². The number of anilines is 2. The van der Waals surface area contributed by atoms with E-state index in [1.165, 1.54) is 0 Å². The van der Waals surface area contributed by atoms with Crippen LogP contribution in [-0.2, 0) is 0 Å². The van der Waals surface area contributed by atoms with Crippen LogP contribution >= 0.6 is 0 Å². The van der Waals surface area contributed by atoms with E-state index in [1.807, 2.05) is 48.5 Å². The Hall–Kier alpha value is -2.40. The standard InChI is InChI=1S/C15H13NO/c1-3-12-4-6-13(7-5-12)16-14-8-10-15(17-2)11-9-14/h1,4-11,16H,2H3. The number of methoxy groups -OCH3 is 1. The van der Waals surface area contributed by atoms with Crippen LogP contribution in [0.1, 0.15) is 5.56 Å². The molecule has 0 radical (unpaired) electrons. The number of ether oxygens (including phenoxy) is 1. The van der Waals surface area contributed by atoms with Gasteiger partial charge in [-0.25, -0.2) is 0 Å². The number of hydrogen-bond donors (Lipinski definition) is 1. The lowest BCUT2D eigenvalue weighted by atomic mass is 10.2. The van der Waals surface area contributed by atoms with E-state index in [4.69, 9.17) is 11.2 Å². The third-order valence-electron chi connectivity index (χ3n) is 2.43. The number of hydrogen-bond acceptors (Lipinski definition) is 2. The second-order valence-electron chi connectivity index (χ2n) is 3.58. The number of rotatable bonds is 3. The first-order chi connectivity index (χ1) is 8.31. The summed E-state index contributed by atoms with van der Waals surface area (Å²) >= 11 is 0. The van der Waals surface area contributed by atoms with E-state index in [2.05, 4.69) is 11.2 Å². The zero-order chi connectivity index (χ0) is 12.1. The second kappa shape index (κ2) is 5.09. The highest BCUT2D eigenvalue weighted by Gasteiger charge is 1.95. The van der Waals surface area contributed by atoms with E-state index in [0.717, 1.165) is 22.7 Å². The molecule has 2 heteroatoms. The van der Waals surface area contributed by atoms with Gasteiger partial charge in [0.25, 0.3) is 0 Å². The lowest BCUT2D eigenvalue weighted by Gasteiger charge is -2.07. The predicted octanol–water partition coefficient (Wildman–Crippen LogP) is 3.42. The van der Waals surface area contributed by atoms with Crippen molar-refractivity contribution in [2.24, 2.45) is 0 Å². The highest BCUT2D eigenvalue weighted by Crippen LogP contribution is 2.19. The number of terminal acetylenes is 1. The second-order valence-corrected chi connectivity index (χ2v) is 3.58. The van der Waals surface area contributed by atoms with E-state index >= 15 is 0 Å². The predicted molar refractivity (Wildman–Crippen MR) is 70.7 cm³/mol. The molecular weight excluding hydrogens is 210 g/mol. The number of benzene rings is 2. The van der Waals surface area contributed by atoms with Crippen LogP contribution in [0, 0.1) is 12.3 Å². The molecule has 0 unspecified atom stereocenters. The van der Waals surface area contributed by atoms with Crippen LogP contribution in [0.25, 0.3) is 0 Å². The Morgan fingerprint density at radius 1 is 0.941 bits per heavy atom. The van der Waals surface area contributed by atoms with E-state index in [1.54, 1.807) is 7.11 Å². The summed E-state index contributed by atoms with van der Waals surface area (Å²) in [6.07, 6.45) is 5.30. The Morgan fingerprint density at radius 3 is 1.94 bits per heavy atom. The Morgan fingerprint density at radius 2 is 1.47 bits per heavy atom. The van der Waals surface area contributed by atoms with E-state index < -0.39 is 0 Å². The Kier molecular flexibility index (Phi) is 3.32. The molecule has 1 N–H and O–H groups in total. The highest BCUT2D eigenvalue weighted by atomic mass is 16.5. The minimum absolute atomic E-state index is 0.846. The molecule has 0 heterocycles. The molecule has 0 spiro atoms. The SMILES string of the molecule is C#Cc1ccc(Nc2ccc(OC)cc2)cc1. The van der Waals surface area contributed by atoms with Crippen LogP contribution in [0.3, 0.4) is 0 Å². The fourth-order valence-electron chi connectivity index (χ4n) is 1.49. The summed E-state index contributed by atoms with van der Waals surface area (Å²) in [6.45, 7) is 0. The molecule has 2 nitrogen and oxygen atoms in total. The van der Waals surface area contributed by atoms with Gasteiger partial charge < -0.3 is 10.1 Å². The maximum Gasteiger partial charge on any atom is 0.119 e. The van der Waals surface area contributed by atoms with Gasteiger partial charge in [0.15, 0.2) is 0 Å². The van der Waals surface area contributed by atoms with Crippen molar-refractivity contribution in [2.75, 3.05) is 12.4 Å². The summed E-state index contributed by atoms with van der Waals surface area (Å²) in [5.74, 6) is 3.43. The molecule has 0 amide bonds. The Balaban J connectivity index is 2.11. The minimum Gasteiger partial charge on any atom is -0.497 e. The van der Waals surface area contributed by atoms with Crippen molar-refractivity contribution in [1.29, 1.82) is 0 Å². The summed E-state index contributed by atoms with van der Waals surface area (Å²) in [5.41, 5.74) is 2.90. The van der Waals surface area contributed by atoms with Gasteiger partial charge in [-0.1, -0.05) is 5.92 Å². The molecule has 0 atom stereocenters. The van der Waals surface area contributed by atoms with Gasteiger partial charge in [-0.15, -0.1) is 6.42 Å². The van der Waals surface area contributed by atoms with Crippen molar-refractivity contribution < 1.29 is 4.74 Å². The zero-order valence-electron chi connectivity index (χ0n) is 9.60. The maximum absolute atomic E-state index is 5.30. The fraction of sp³-hybridized carbons (Fsp3) is 0.0667. The lowest BCUT2D eigenvalue weighted by Crippen LogP contribution is -1.90. The molecule has 0 aliphatic carbocycles. The first kappa shape index (κ1) is 11.1. The molecule has 17 heavy (non-hydrogen) atoms. The number of nitrogens with one attached hydrogen (secondary N) is 1. The van der Waals surface area contributed by atoms with Gasteiger partial charge in [0, 0.05) is 16.9 Å². The van der Waals surface area contributed by atoms with Gasteiger partial charge in [-0.05, 0) is 48.5 Å². The summed E-state index contributed by atoms with van der Waals surface area (Å²) in [4.78, 5) is 0. The van der Waals surface area contributed by atoms with Crippen molar-refractivity contribution >= 4 is 11.4 Å². The van der Waals surface area contributed by atoms with Crippen LogP contribution in [0.2, 0.25) is 0 Å². The molecule has 84 valence electrons. The van der Waals surface area contributed by atoms with Gasteiger partial charge in [0.2, 0.25) is 0 Å². The first-order valence-electron chi connectivity index (χ1n) is 5.29. The third kappa shape index (κ3) is 2.79. The van der Waals surface area contributed by atoms with Crippen LogP contribution in [-0.4, -0.2) is 7.11 Å². The van der Waals surface area contributed by atoms with Crippen molar-refractivity contribution in [3.8, 4) is 18.1 Å². The highest BCUT2D eigenvalue weighted by molar-refractivity contribution is 5.61. The van der Waals surface area contributed by atoms with Crippen LogP contribution < -0.4 is 10.1 Å². The van der Waals surface area contributed by atoms with E-state index in [0.29, 0.717) is 0 Å².